The molecule has 1 aliphatic rings. The second-order valence-electron chi connectivity index (χ2n) is 8.32. The molecule has 2 aromatic heterocycles. The number of sulfonamides is 1. The Kier molecular flexibility index (Phi) is 5.59. The van der Waals surface area contributed by atoms with E-state index < -0.39 is 10.0 Å². The summed E-state index contributed by atoms with van der Waals surface area (Å²) in [7, 11) is -3.85. The number of rotatable bonds is 7. The zero-order valence-corrected chi connectivity index (χ0v) is 19.9. The molecule has 0 aliphatic heterocycles. The van der Waals surface area contributed by atoms with E-state index >= 15 is 0 Å². The van der Waals surface area contributed by atoms with Gasteiger partial charge in [0.1, 0.15) is 10.9 Å². The van der Waals surface area contributed by atoms with Crippen LogP contribution in [0, 0.1) is 18.3 Å². The van der Waals surface area contributed by atoms with Crippen LogP contribution in [-0.2, 0) is 16.6 Å². The van der Waals surface area contributed by atoms with Gasteiger partial charge in [0.05, 0.1) is 27.4 Å². The first-order valence-electron chi connectivity index (χ1n) is 10.7. The molecule has 8 nitrogen and oxygen atoms in total. The highest BCUT2D eigenvalue weighted by Gasteiger charge is 2.27. The molecule has 34 heavy (non-hydrogen) atoms. The van der Waals surface area contributed by atoms with Crippen molar-refractivity contribution in [2.24, 2.45) is 0 Å². The maximum atomic E-state index is 13.0. The molecule has 5 rings (SSSR count). The van der Waals surface area contributed by atoms with Crippen LogP contribution in [0.25, 0.3) is 10.9 Å². The maximum Gasteiger partial charge on any atom is 0.263 e. The Morgan fingerprint density at radius 1 is 1.24 bits per heavy atom. The number of nitriles is 1. The number of nitrogens with zero attached hydrogens (tertiary/aromatic N) is 2. The topological polar surface area (TPSA) is 128 Å². The van der Waals surface area contributed by atoms with E-state index in [0.717, 1.165) is 29.7 Å². The third-order valence-corrected chi connectivity index (χ3v) is 8.03. The molecule has 0 unspecified atom stereocenters. The lowest BCUT2D eigenvalue weighted by atomic mass is 10.1. The Hall–Kier alpha value is -3.68. The number of aromatic nitrogens is 2. The molecule has 0 saturated heterocycles. The minimum atomic E-state index is -3.85. The van der Waals surface area contributed by atoms with Crippen molar-refractivity contribution in [3.8, 4) is 6.07 Å². The summed E-state index contributed by atoms with van der Waals surface area (Å²) in [6.45, 7) is 2.15. The van der Waals surface area contributed by atoms with Crippen molar-refractivity contribution >= 4 is 44.1 Å². The maximum absolute atomic E-state index is 13.0. The molecule has 3 N–H and O–H groups in total. The summed E-state index contributed by atoms with van der Waals surface area (Å²) < 4.78 is 32.9. The predicted octanol–water partition coefficient (Wildman–Crippen LogP) is 4.41. The number of fused-ring (bicyclic) bond motifs is 1. The molecule has 1 saturated carbocycles. The quantitative estimate of drug-likeness (QED) is 0.353. The van der Waals surface area contributed by atoms with Gasteiger partial charge in [-0.25, -0.2) is 8.42 Å². The summed E-state index contributed by atoms with van der Waals surface area (Å²) in [5.41, 5.74) is 4.04. The van der Waals surface area contributed by atoms with Crippen LogP contribution >= 0.6 is 11.5 Å². The number of carbonyl (C=O) groups is 1. The number of carbonyl (C=O) groups excluding carboxylic acids is 1. The van der Waals surface area contributed by atoms with Crippen LogP contribution in [0.2, 0.25) is 0 Å². The third-order valence-electron chi connectivity index (χ3n) is 5.84. The highest BCUT2D eigenvalue weighted by molar-refractivity contribution is 7.92. The lowest BCUT2D eigenvalue weighted by Gasteiger charge is -2.11. The SMILES string of the molecule is Cc1ccc(NS(=O)(=O)c2ccc(CNC(=O)c3cc(C4CC4)ns3)cc2)c2[nH]cc(C#N)c12. The fraction of sp³-hybridized carbons (Fsp3) is 0.208. The Labute approximate surface area is 200 Å². The monoisotopic (exact) mass is 491 g/mol. The Morgan fingerprint density at radius 2 is 2.00 bits per heavy atom. The Bertz CT molecular complexity index is 1540. The van der Waals surface area contributed by atoms with Crippen LogP contribution in [-0.4, -0.2) is 23.7 Å². The number of amides is 1. The van der Waals surface area contributed by atoms with E-state index in [1.54, 1.807) is 30.5 Å². The third kappa shape index (κ3) is 4.27. The van der Waals surface area contributed by atoms with Gasteiger partial charge >= 0.3 is 0 Å². The van der Waals surface area contributed by atoms with Crippen molar-refractivity contribution in [1.29, 1.82) is 5.26 Å². The highest BCUT2D eigenvalue weighted by atomic mass is 32.2. The second kappa shape index (κ2) is 8.59. The van der Waals surface area contributed by atoms with Crippen molar-refractivity contribution in [2.75, 3.05) is 4.72 Å². The summed E-state index contributed by atoms with van der Waals surface area (Å²) in [4.78, 5) is 16.1. The average Bonchev–Trinajstić information content (AvgIpc) is 3.39. The van der Waals surface area contributed by atoms with E-state index in [-0.39, 0.29) is 17.3 Å². The van der Waals surface area contributed by atoms with Gasteiger partial charge in [0.2, 0.25) is 0 Å². The van der Waals surface area contributed by atoms with Gasteiger partial charge in [-0.2, -0.15) is 9.64 Å². The smallest absolute Gasteiger partial charge is 0.263 e. The molecule has 172 valence electrons. The van der Waals surface area contributed by atoms with Gasteiger partial charge in [-0.1, -0.05) is 18.2 Å². The number of hydrogen-bond acceptors (Lipinski definition) is 6. The minimum Gasteiger partial charge on any atom is -0.358 e. The second-order valence-corrected chi connectivity index (χ2v) is 10.8. The van der Waals surface area contributed by atoms with Gasteiger partial charge in [-0.05, 0) is 66.7 Å². The fourth-order valence-electron chi connectivity index (χ4n) is 3.82. The van der Waals surface area contributed by atoms with Crippen LogP contribution in [0.5, 0.6) is 0 Å². The van der Waals surface area contributed by atoms with Crippen molar-refractivity contribution in [3.05, 3.63) is 75.9 Å². The zero-order valence-electron chi connectivity index (χ0n) is 18.3. The summed E-state index contributed by atoms with van der Waals surface area (Å²) in [5.74, 6) is 0.316. The first-order valence-corrected chi connectivity index (χ1v) is 13.0. The zero-order chi connectivity index (χ0) is 23.9. The summed E-state index contributed by atoms with van der Waals surface area (Å²) in [6.07, 6.45) is 3.84. The molecule has 1 amide bonds. The van der Waals surface area contributed by atoms with Crippen molar-refractivity contribution in [2.45, 2.75) is 37.1 Å². The number of aryl methyl sites for hydroxylation is 1. The predicted molar refractivity (Wildman–Crippen MR) is 130 cm³/mol. The van der Waals surface area contributed by atoms with Crippen molar-refractivity contribution < 1.29 is 13.2 Å². The van der Waals surface area contributed by atoms with Gasteiger partial charge < -0.3 is 10.3 Å². The van der Waals surface area contributed by atoms with E-state index in [2.05, 4.69) is 25.5 Å². The molecule has 2 heterocycles. The van der Waals surface area contributed by atoms with Gasteiger partial charge in [0.15, 0.2) is 0 Å². The van der Waals surface area contributed by atoms with Crippen molar-refractivity contribution in [3.63, 3.8) is 0 Å². The molecule has 1 aliphatic carbocycles. The largest absolute Gasteiger partial charge is 0.358 e. The number of aromatic amines is 1. The Morgan fingerprint density at radius 3 is 2.71 bits per heavy atom. The number of anilines is 1. The lowest BCUT2D eigenvalue weighted by Crippen LogP contribution is -2.21. The Balaban J connectivity index is 1.27. The van der Waals surface area contributed by atoms with Crippen LogP contribution in [0.1, 0.15) is 50.8 Å². The van der Waals surface area contributed by atoms with E-state index in [4.69, 9.17) is 0 Å². The lowest BCUT2D eigenvalue weighted by molar-refractivity contribution is 0.0955. The molecule has 10 heteroatoms. The minimum absolute atomic E-state index is 0.0971. The molecule has 0 bridgehead atoms. The normalized spacial score (nSPS) is 13.5. The average molecular weight is 492 g/mol. The standard InChI is InChI=1S/C24H21N5O3S2/c1-14-2-9-19(23-22(14)17(11-25)13-26-23)29-34(31,32)18-7-3-15(4-8-18)12-27-24(30)21-10-20(28-33-21)16-5-6-16/h2-4,7-10,13,16,26,29H,5-6,12H2,1H3,(H,27,30). The van der Waals surface area contributed by atoms with Crippen LogP contribution < -0.4 is 10.0 Å². The van der Waals surface area contributed by atoms with E-state index in [0.29, 0.717) is 32.9 Å². The molecule has 1 fully saturated rings. The molecule has 2 aromatic carbocycles. The molecule has 4 aromatic rings. The number of hydrogen-bond donors (Lipinski definition) is 3. The van der Waals surface area contributed by atoms with Gasteiger partial charge in [-0.3, -0.25) is 9.52 Å². The number of benzene rings is 2. The van der Waals surface area contributed by atoms with Crippen LogP contribution in [0.15, 0.2) is 53.6 Å². The molecule has 0 spiro atoms. The molecular weight excluding hydrogens is 470 g/mol. The fourth-order valence-corrected chi connectivity index (χ4v) is 5.63. The van der Waals surface area contributed by atoms with Gasteiger partial charge in [-0.15, -0.1) is 0 Å². The van der Waals surface area contributed by atoms with E-state index in [9.17, 15) is 18.5 Å². The summed E-state index contributed by atoms with van der Waals surface area (Å²) in [6, 6.07) is 13.8. The van der Waals surface area contributed by atoms with Gasteiger partial charge in [0.25, 0.3) is 15.9 Å². The first kappa shape index (κ1) is 22.1. The van der Waals surface area contributed by atoms with Crippen LogP contribution in [0.4, 0.5) is 5.69 Å². The van der Waals surface area contributed by atoms with E-state index in [1.807, 2.05) is 13.0 Å². The highest BCUT2D eigenvalue weighted by Crippen LogP contribution is 2.40. The number of H-pyrrole nitrogens is 1. The molecule has 0 radical (unpaired) electrons. The van der Waals surface area contributed by atoms with Gasteiger partial charge in [0, 0.05) is 24.0 Å². The first-order chi connectivity index (χ1) is 16.4. The van der Waals surface area contributed by atoms with E-state index in [1.165, 1.54) is 23.7 Å². The number of nitrogens with one attached hydrogen (secondary N) is 3. The molecule has 0 atom stereocenters. The summed E-state index contributed by atoms with van der Waals surface area (Å²) >= 11 is 1.20. The summed E-state index contributed by atoms with van der Waals surface area (Å²) in [5, 5.41) is 12.9. The van der Waals surface area contributed by atoms with Crippen LogP contribution in [0.3, 0.4) is 0 Å². The van der Waals surface area contributed by atoms with Crippen molar-refractivity contribution in [1.82, 2.24) is 14.7 Å². The molecular formula is C24H21N5O3S2.